The van der Waals surface area contributed by atoms with E-state index in [-0.39, 0.29) is 51.7 Å². The first-order valence-corrected chi connectivity index (χ1v) is 12.9. The molecule has 0 aromatic heterocycles. The zero-order valence-corrected chi connectivity index (χ0v) is 20.5. The number of nitrogens with zero attached hydrogens (tertiary/aromatic N) is 1. The van der Waals surface area contributed by atoms with E-state index in [2.05, 4.69) is 0 Å². The molecule has 0 aromatic rings. The van der Waals surface area contributed by atoms with Gasteiger partial charge in [0.05, 0.1) is 12.7 Å². The number of piperidine rings is 1. The first kappa shape index (κ1) is 28.1. The minimum Gasteiger partial charge on any atom is -0.459 e. The molecule has 2 fully saturated rings. The molecule has 0 N–H and O–H groups in total. The van der Waals surface area contributed by atoms with Crippen molar-refractivity contribution in [1.82, 2.24) is 4.31 Å². The van der Waals surface area contributed by atoms with Crippen molar-refractivity contribution < 1.29 is 40.6 Å². The second-order valence-electron chi connectivity index (χ2n) is 9.50. The molecule has 0 spiro atoms. The van der Waals surface area contributed by atoms with Crippen LogP contribution in [-0.2, 0) is 29.0 Å². The second kappa shape index (κ2) is 11.5. The van der Waals surface area contributed by atoms with Crippen LogP contribution in [-0.4, -0.2) is 74.2 Å². The molecule has 0 amide bonds. The highest BCUT2D eigenvalue weighted by Crippen LogP contribution is 2.36. The Kier molecular flexibility index (Phi) is 9.79. The summed E-state index contributed by atoms with van der Waals surface area (Å²) in [5, 5.41) is 0. The number of esters is 1. The topological polar surface area (TPSA) is 82.1 Å². The smallest absolute Gasteiger partial charge is 0.389 e. The lowest BCUT2D eigenvalue weighted by atomic mass is 9.99. The molecule has 0 saturated carbocycles. The van der Waals surface area contributed by atoms with Gasteiger partial charge < -0.3 is 14.2 Å². The fourth-order valence-corrected chi connectivity index (χ4v) is 6.03. The van der Waals surface area contributed by atoms with E-state index in [0.717, 1.165) is 0 Å². The summed E-state index contributed by atoms with van der Waals surface area (Å²) in [4.78, 5) is 13.0. The van der Waals surface area contributed by atoms with Gasteiger partial charge in [-0.05, 0) is 46.5 Å². The lowest BCUT2D eigenvalue weighted by Gasteiger charge is -2.41. The lowest BCUT2D eigenvalue weighted by molar-refractivity contribution is -0.161. The van der Waals surface area contributed by atoms with Crippen LogP contribution in [0.5, 0.6) is 0 Å². The molecule has 0 aliphatic carbocycles. The Labute approximate surface area is 194 Å². The highest BCUT2D eigenvalue weighted by Gasteiger charge is 2.56. The van der Waals surface area contributed by atoms with Crippen LogP contribution in [0.25, 0.3) is 0 Å². The number of hydrogen-bond acceptors (Lipinski definition) is 6. The third-order valence-corrected chi connectivity index (χ3v) is 8.31. The van der Waals surface area contributed by atoms with Crippen molar-refractivity contribution in [3.8, 4) is 0 Å². The maximum atomic E-state index is 13.6. The van der Waals surface area contributed by atoms with Gasteiger partial charge in [0.1, 0.15) is 5.60 Å². The van der Waals surface area contributed by atoms with Gasteiger partial charge in [0.2, 0.25) is 10.0 Å². The van der Waals surface area contributed by atoms with Gasteiger partial charge in [-0.1, -0.05) is 12.2 Å². The van der Waals surface area contributed by atoms with Crippen molar-refractivity contribution in [2.75, 3.05) is 32.9 Å². The predicted octanol–water partition coefficient (Wildman–Crippen LogP) is 3.98. The number of ether oxygens (including phenoxy) is 3. The zero-order valence-electron chi connectivity index (χ0n) is 19.7. The Morgan fingerprint density at radius 3 is 2.21 bits per heavy atom. The van der Waals surface area contributed by atoms with Crippen LogP contribution in [0.2, 0.25) is 0 Å². The van der Waals surface area contributed by atoms with Gasteiger partial charge in [-0.2, -0.15) is 13.2 Å². The average molecular weight is 500 g/mol. The van der Waals surface area contributed by atoms with Crippen molar-refractivity contribution in [1.29, 1.82) is 0 Å². The van der Waals surface area contributed by atoms with Crippen LogP contribution in [0.4, 0.5) is 13.2 Å². The third kappa shape index (κ3) is 8.22. The SMILES string of the molecule is CC(C)(C)OC(=O)C1(S(=O)(=O)N2CCC(OCCC=CCCC(F)(F)F)CC2)CCOCC1. The normalized spacial score (nSPS) is 21.4. The van der Waals surface area contributed by atoms with E-state index in [4.69, 9.17) is 14.2 Å². The van der Waals surface area contributed by atoms with Crippen molar-refractivity contribution in [2.24, 2.45) is 0 Å². The molecule has 2 rings (SSSR count). The fraction of sp³-hybridized carbons (Fsp3) is 0.864. The number of hydrogen-bond donors (Lipinski definition) is 0. The van der Waals surface area contributed by atoms with Crippen LogP contribution in [0.1, 0.15) is 65.7 Å². The minimum atomic E-state index is -4.15. The third-order valence-electron chi connectivity index (χ3n) is 5.71. The minimum absolute atomic E-state index is 0.0514. The standard InChI is InChI=1S/C22H36F3NO6S/c1-20(2,3)32-19(27)21(11-16-30-17-12-21)33(28,29)26-13-8-18(9-14-26)31-15-7-5-4-6-10-22(23,24)25/h4-5,18H,6-17H2,1-3H3. The van der Waals surface area contributed by atoms with Crippen LogP contribution in [0, 0.1) is 0 Å². The molecule has 11 heteroatoms. The van der Waals surface area contributed by atoms with Gasteiger partial charge in [-0.15, -0.1) is 0 Å². The van der Waals surface area contributed by atoms with Gasteiger partial charge in [0.25, 0.3) is 0 Å². The van der Waals surface area contributed by atoms with Gasteiger partial charge in [0, 0.05) is 45.6 Å². The van der Waals surface area contributed by atoms with E-state index in [1.165, 1.54) is 10.4 Å². The molecule has 0 atom stereocenters. The van der Waals surface area contributed by atoms with Crippen LogP contribution < -0.4 is 0 Å². The van der Waals surface area contributed by atoms with E-state index in [0.29, 0.717) is 25.9 Å². The average Bonchev–Trinajstić information content (AvgIpc) is 2.71. The second-order valence-corrected chi connectivity index (χ2v) is 11.7. The Hall–Kier alpha value is -1.17. The number of sulfonamides is 1. The Balaban J connectivity index is 1.88. The molecule has 0 radical (unpaired) electrons. The van der Waals surface area contributed by atoms with E-state index < -0.39 is 38.9 Å². The van der Waals surface area contributed by atoms with Crippen molar-refractivity contribution in [3.63, 3.8) is 0 Å². The van der Waals surface area contributed by atoms with Crippen LogP contribution >= 0.6 is 0 Å². The lowest BCUT2D eigenvalue weighted by Crippen LogP contribution is -2.59. The Morgan fingerprint density at radius 2 is 1.67 bits per heavy atom. The number of halogens is 3. The maximum Gasteiger partial charge on any atom is 0.389 e. The molecule has 2 aliphatic rings. The number of rotatable bonds is 9. The Morgan fingerprint density at radius 1 is 1.09 bits per heavy atom. The molecule has 0 aromatic carbocycles. The first-order valence-electron chi connectivity index (χ1n) is 11.4. The van der Waals surface area contributed by atoms with E-state index in [1.54, 1.807) is 26.8 Å². The van der Waals surface area contributed by atoms with Crippen LogP contribution in [0.3, 0.4) is 0 Å². The highest BCUT2D eigenvalue weighted by molar-refractivity contribution is 7.91. The largest absolute Gasteiger partial charge is 0.459 e. The number of carbonyl (C=O) groups is 1. The Bertz CT molecular complexity index is 762. The summed E-state index contributed by atoms with van der Waals surface area (Å²) in [5.74, 6) is -0.728. The molecule has 2 saturated heterocycles. The van der Waals surface area contributed by atoms with E-state index >= 15 is 0 Å². The summed E-state index contributed by atoms with van der Waals surface area (Å²) in [6, 6.07) is 0. The summed E-state index contributed by atoms with van der Waals surface area (Å²) >= 11 is 0. The molecular weight excluding hydrogens is 463 g/mol. The maximum absolute atomic E-state index is 13.6. The number of alkyl halides is 3. The predicted molar refractivity (Wildman–Crippen MR) is 117 cm³/mol. The highest BCUT2D eigenvalue weighted by atomic mass is 32.2. The van der Waals surface area contributed by atoms with Crippen LogP contribution in [0.15, 0.2) is 12.2 Å². The monoisotopic (exact) mass is 499 g/mol. The molecular formula is C22H36F3NO6S. The summed E-state index contributed by atoms with van der Waals surface area (Å²) in [5.41, 5.74) is -0.806. The van der Waals surface area contributed by atoms with Gasteiger partial charge >= 0.3 is 12.1 Å². The quantitative estimate of drug-likeness (QED) is 0.271. The fourth-order valence-electron chi connectivity index (χ4n) is 3.91. The molecule has 0 bridgehead atoms. The number of carbonyl (C=O) groups excluding carboxylic acids is 1. The zero-order chi connectivity index (χ0) is 24.8. The molecule has 192 valence electrons. The van der Waals surface area contributed by atoms with Gasteiger partial charge in [-0.25, -0.2) is 12.7 Å². The molecule has 33 heavy (non-hydrogen) atoms. The van der Waals surface area contributed by atoms with E-state index in [1.807, 2.05) is 0 Å². The summed E-state index contributed by atoms with van der Waals surface area (Å²) in [6.07, 6.45) is -0.430. The molecule has 7 nitrogen and oxygen atoms in total. The van der Waals surface area contributed by atoms with Crippen molar-refractivity contribution >= 4 is 16.0 Å². The van der Waals surface area contributed by atoms with E-state index in [9.17, 15) is 26.4 Å². The summed E-state index contributed by atoms with van der Waals surface area (Å²) in [6.45, 7) is 6.30. The van der Waals surface area contributed by atoms with Gasteiger partial charge in [0.15, 0.2) is 4.75 Å². The van der Waals surface area contributed by atoms with Crippen molar-refractivity contribution in [3.05, 3.63) is 12.2 Å². The molecule has 0 unspecified atom stereocenters. The summed E-state index contributed by atoms with van der Waals surface area (Å²) in [7, 11) is -3.97. The molecule has 2 aliphatic heterocycles. The number of allylic oxidation sites excluding steroid dienone is 1. The summed E-state index contributed by atoms with van der Waals surface area (Å²) < 4.78 is 79.8. The van der Waals surface area contributed by atoms with Crippen molar-refractivity contribution in [2.45, 2.75) is 88.3 Å². The van der Waals surface area contributed by atoms with Gasteiger partial charge in [-0.3, -0.25) is 4.79 Å². The molecule has 2 heterocycles. The first-order chi connectivity index (χ1) is 15.3.